The van der Waals surface area contributed by atoms with Gasteiger partial charge in [-0.2, -0.15) is 0 Å². The van der Waals surface area contributed by atoms with Crippen LogP contribution in [0.5, 0.6) is 5.75 Å². The number of nitrogens with zero attached hydrogens (tertiary/aromatic N) is 2. The fraction of sp³-hybridized carbons (Fsp3) is 0.250. The molecule has 1 amide bonds. The largest absolute Gasteiger partial charge is 0.492 e. The van der Waals surface area contributed by atoms with Gasteiger partial charge in [-0.15, -0.1) is 0 Å². The number of rotatable bonds is 6. The number of aryl methyl sites for hydroxylation is 2. The van der Waals surface area contributed by atoms with Crippen molar-refractivity contribution in [3.05, 3.63) is 89.8 Å². The van der Waals surface area contributed by atoms with Crippen molar-refractivity contribution in [1.29, 1.82) is 0 Å². The van der Waals surface area contributed by atoms with Crippen molar-refractivity contribution in [2.24, 2.45) is 0 Å². The topological polar surface area (TPSA) is 56.2 Å². The first-order valence-electron chi connectivity index (χ1n) is 9.91. The first kappa shape index (κ1) is 19.9. The molecule has 0 aliphatic heterocycles. The highest BCUT2D eigenvalue weighted by atomic mass is 19.1. The summed E-state index contributed by atoms with van der Waals surface area (Å²) in [6.07, 6.45) is 6.36. The van der Waals surface area contributed by atoms with Crippen LogP contribution in [0.2, 0.25) is 0 Å². The molecule has 1 aliphatic carbocycles. The lowest BCUT2D eigenvalue weighted by molar-refractivity contribution is -0.117. The zero-order valence-electron chi connectivity index (χ0n) is 17.1. The number of methoxy groups -OCH3 is 1. The van der Waals surface area contributed by atoms with Gasteiger partial charge in [-0.1, -0.05) is 36.9 Å². The Bertz CT molecular complexity index is 1110. The minimum absolute atomic E-state index is 0.0364. The van der Waals surface area contributed by atoms with Crippen LogP contribution in [-0.4, -0.2) is 22.6 Å². The molecular formula is C24H24FN3O2. The third-order valence-corrected chi connectivity index (χ3v) is 5.70. The van der Waals surface area contributed by atoms with Gasteiger partial charge in [-0.3, -0.25) is 4.79 Å². The van der Waals surface area contributed by atoms with Crippen LogP contribution in [0, 0.1) is 12.7 Å². The van der Waals surface area contributed by atoms with Crippen LogP contribution < -0.4 is 10.1 Å². The van der Waals surface area contributed by atoms with Crippen molar-refractivity contribution >= 4 is 5.91 Å². The molecule has 1 aliphatic rings. The molecule has 0 fully saturated rings. The molecule has 0 spiro atoms. The molecular weight excluding hydrogens is 381 g/mol. The van der Waals surface area contributed by atoms with Gasteiger partial charge in [0, 0.05) is 17.7 Å². The Balaban J connectivity index is 1.81. The third kappa shape index (κ3) is 3.49. The summed E-state index contributed by atoms with van der Waals surface area (Å²) < 4.78 is 22.9. The average Bonchev–Trinajstić information content (AvgIpc) is 3.38. The summed E-state index contributed by atoms with van der Waals surface area (Å²) in [7, 11) is 1.44. The number of hydrogen-bond donors (Lipinski definition) is 1. The van der Waals surface area contributed by atoms with Crippen molar-refractivity contribution in [3.63, 3.8) is 0 Å². The monoisotopic (exact) mass is 405 g/mol. The van der Waals surface area contributed by atoms with Crippen LogP contribution in [0.4, 0.5) is 4.39 Å². The highest BCUT2D eigenvalue weighted by molar-refractivity contribution is 5.87. The summed E-state index contributed by atoms with van der Waals surface area (Å²) in [6.45, 7) is 5.42. The first-order valence-corrected chi connectivity index (χ1v) is 9.91. The lowest BCUT2D eigenvalue weighted by Crippen LogP contribution is -2.31. The predicted molar refractivity (Wildman–Crippen MR) is 113 cm³/mol. The van der Waals surface area contributed by atoms with Gasteiger partial charge in [-0.25, -0.2) is 9.37 Å². The van der Waals surface area contributed by atoms with Gasteiger partial charge in [0.15, 0.2) is 11.6 Å². The SMILES string of the molecule is C=CC(=O)NC(c1ccc(-n2cnc(C)c2)c(OC)c1F)C1CCc2ccccc21. The summed E-state index contributed by atoms with van der Waals surface area (Å²) in [5, 5.41) is 2.95. The van der Waals surface area contributed by atoms with E-state index in [4.69, 9.17) is 4.74 Å². The molecule has 2 aromatic carbocycles. The van der Waals surface area contributed by atoms with E-state index in [1.165, 1.54) is 18.7 Å². The Labute approximate surface area is 175 Å². The van der Waals surface area contributed by atoms with Crippen LogP contribution in [0.3, 0.4) is 0 Å². The number of ether oxygens (including phenoxy) is 1. The summed E-state index contributed by atoms with van der Waals surface area (Å²) in [4.78, 5) is 16.4. The van der Waals surface area contributed by atoms with Gasteiger partial charge in [0.25, 0.3) is 0 Å². The molecule has 1 N–H and O–H groups in total. The number of aromatic nitrogens is 2. The molecule has 0 saturated heterocycles. The zero-order valence-corrected chi connectivity index (χ0v) is 17.1. The highest BCUT2D eigenvalue weighted by Crippen LogP contribution is 2.44. The van der Waals surface area contributed by atoms with Gasteiger partial charge >= 0.3 is 0 Å². The number of carbonyl (C=O) groups is 1. The van der Waals surface area contributed by atoms with E-state index in [1.807, 2.05) is 19.1 Å². The Kier molecular flexibility index (Phi) is 5.40. The van der Waals surface area contributed by atoms with E-state index in [2.05, 4.69) is 29.0 Å². The Morgan fingerprint density at radius 1 is 1.37 bits per heavy atom. The first-order chi connectivity index (χ1) is 14.5. The van der Waals surface area contributed by atoms with Crippen LogP contribution in [-0.2, 0) is 11.2 Å². The number of hydrogen-bond acceptors (Lipinski definition) is 3. The van der Waals surface area contributed by atoms with E-state index >= 15 is 4.39 Å². The molecule has 1 heterocycles. The molecule has 154 valence electrons. The molecule has 2 unspecified atom stereocenters. The number of halogens is 1. The summed E-state index contributed by atoms with van der Waals surface area (Å²) >= 11 is 0. The molecule has 3 aromatic rings. The quantitative estimate of drug-likeness (QED) is 0.619. The third-order valence-electron chi connectivity index (χ3n) is 5.70. The van der Waals surface area contributed by atoms with Gasteiger partial charge in [0.1, 0.15) is 0 Å². The smallest absolute Gasteiger partial charge is 0.243 e. The number of amides is 1. The minimum Gasteiger partial charge on any atom is -0.492 e. The molecule has 0 radical (unpaired) electrons. The maximum atomic E-state index is 15.7. The highest BCUT2D eigenvalue weighted by Gasteiger charge is 2.34. The second-order valence-electron chi connectivity index (χ2n) is 7.48. The summed E-state index contributed by atoms with van der Waals surface area (Å²) in [5.74, 6) is -0.739. The Morgan fingerprint density at radius 2 is 2.17 bits per heavy atom. The van der Waals surface area contributed by atoms with Gasteiger partial charge in [0.2, 0.25) is 5.91 Å². The van der Waals surface area contributed by atoms with E-state index < -0.39 is 11.9 Å². The Hall–Kier alpha value is -3.41. The van der Waals surface area contributed by atoms with Gasteiger partial charge in [-0.05, 0) is 43.0 Å². The van der Waals surface area contributed by atoms with Gasteiger partial charge < -0.3 is 14.6 Å². The van der Waals surface area contributed by atoms with E-state index in [9.17, 15) is 4.79 Å². The molecule has 1 aromatic heterocycles. The lowest BCUT2D eigenvalue weighted by atomic mass is 9.87. The number of fused-ring (bicyclic) bond motifs is 1. The van der Waals surface area contributed by atoms with Crippen LogP contribution in [0.1, 0.15) is 40.8 Å². The molecule has 5 nitrogen and oxygen atoms in total. The van der Waals surface area contributed by atoms with Crippen molar-refractivity contribution in [3.8, 4) is 11.4 Å². The van der Waals surface area contributed by atoms with Crippen molar-refractivity contribution in [2.45, 2.75) is 31.7 Å². The summed E-state index contributed by atoms with van der Waals surface area (Å²) in [6, 6.07) is 11.1. The molecule has 2 atom stereocenters. The minimum atomic E-state index is -0.536. The maximum Gasteiger partial charge on any atom is 0.243 e. The predicted octanol–water partition coefficient (Wildman–Crippen LogP) is 4.40. The number of benzene rings is 2. The fourth-order valence-electron chi connectivity index (χ4n) is 4.30. The zero-order chi connectivity index (χ0) is 21.3. The lowest BCUT2D eigenvalue weighted by Gasteiger charge is -2.27. The van der Waals surface area contributed by atoms with E-state index in [1.54, 1.807) is 29.2 Å². The molecule has 4 rings (SSSR count). The molecule has 0 saturated carbocycles. The van der Waals surface area contributed by atoms with Crippen LogP contribution in [0.15, 0.2) is 61.6 Å². The van der Waals surface area contributed by atoms with Crippen molar-refractivity contribution in [1.82, 2.24) is 14.9 Å². The second-order valence-corrected chi connectivity index (χ2v) is 7.48. The van der Waals surface area contributed by atoms with Crippen molar-refractivity contribution < 1.29 is 13.9 Å². The average molecular weight is 405 g/mol. The van der Waals surface area contributed by atoms with E-state index in [-0.39, 0.29) is 17.6 Å². The number of imidazole rings is 1. The normalized spacial score (nSPS) is 16.0. The van der Waals surface area contributed by atoms with E-state index in [0.717, 1.165) is 24.1 Å². The Morgan fingerprint density at radius 3 is 2.87 bits per heavy atom. The molecule has 0 bridgehead atoms. The van der Waals surface area contributed by atoms with Gasteiger partial charge in [0.05, 0.1) is 30.9 Å². The molecule has 6 heteroatoms. The van der Waals surface area contributed by atoms with Crippen molar-refractivity contribution in [2.75, 3.05) is 7.11 Å². The number of carbonyl (C=O) groups excluding carboxylic acids is 1. The van der Waals surface area contributed by atoms with Crippen LogP contribution in [0.25, 0.3) is 5.69 Å². The fourth-order valence-corrected chi connectivity index (χ4v) is 4.30. The summed E-state index contributed by atoms with van der Waals surface area (Å²) in [5.41, 5.74) is 4.14. The van der Waals surface area contributed by atoms with E-state index in [0.29, 0.717) is 11.3 Å². The molecule has 30 heavy (non-hydrogen) atoms. The number of nitrogens with one attached hydrogen (secondary N) is 1. The maximum absolute atomic E-state index is 15.7. The van der Waals surface area contributed by atoms with Crippen LogP contribution >= 0.6 is 0 Å². The standard InChI is InChI=1S/C24H24FN3O2/c1-4-21(29)27-23(18-10-9-16-7-5-6-8-17(16)18)19-11-12-20(24(30-3)22(19)25)28-13-15(2)26-14-28/h4-8,11-14,18,23H,1,9-10H2,2-3H3,(H,27,29). The second kappa shape index (κ2) is 8.14.